The summed E-state index contributed by atoms with van der Waals surface area (Å²) in [6.45, 7) is 6.72. The Bertz CT molecular complexity index is 431. The highest BCUT2D eigenvalue weighted by molar-refractivity contribution is 9.10. The summed E-state index contributed by atoms with van der Waals surface area (Å²) in [6, 6.07) is 6.21. The first kappa shape index (κ1) is 15.8. The third kappa shape index (κ3) is 4.19. The van der Waals surface area contributed by atoms with Crippen LogP contribution in [0.5, 0.6) is 0 Å². The quantitative estimate of drug-likeness (QED) is 0.881. The van der Waals surface area contributed by atoms with Gasteiger partial charge in [0.2, 0.25) is 0 Å². The maximum Gasteiger partial charge on any atom is 0.0692 e. The fourth-order valence-electron chi connectivity index (χ4n) is 2.43. The molecule has 1 heterocycles. The summed E-state index contributed by atoms with van der Waals surface area (Å²) in [5.41, 5.74) is 2.18. The second-order valence-electron chi connectivity index (χ2n) is 5.57. The minimum Gasteiger partial charge on any atom is -0.392 e. The van der Waals surface area contributed by atoms with E-state index in [0.717, 1.165) is 49.3 Å². The molecule has 0 saturated carbocycles. The maximum absolute atomic E-state index is 9.20. The van der Waals surface area contributed by atoms with Gasteiger partial charge in [0.05, 0.1) is 6.61 Å². The van der Waals surface area contributed by atoms with E-state index in [2.05, 4.69) is 56.9 Å². The molecule has 1 fully saturated rings. The van der Waals surface area contributed by atoms with Crippen LogP contribution < -0.4 is 4.90 Å². The molecule has 0 radical (unpaired) electrons. The number of halogens is 1. The number of aliphatic hydroxyl groups is 1. The van der Waals surface area contributed by atoms with E-state index in [4.69, 9.17) is 0 Å². The third-order valence-corrected chi connectivity index (χ3v) is 4.55. The van der Waals surface area contributed by atoms with Crippen LogP contribution in [-0.4, -0.2) is 68.3 Å². The summed E-state index contributed by atoms with van der Waals surface area (Å²) >= 11 is 3.52. The predicted octanol–water partition coefficient (Wildman–Crippen LogP) is 1.62. The van der Waals surface area contributed by atoms with Gasteiger partial charge in [-0.15, -0.1) is 0 Å². The smallest absolute Gasteiger partial charge is 0.0692 e. The van der Waals surface area contributed by atoms with E-state index >= 15 is 0 Å². The lowest BCUT2D eigenvalue weighted by atomic mass is 10.2. The molecule has 1 aromatic rings. The molecule has 20 heavy (non-hydrogen) atoms. The Labute approximate surface area is 130 Å². The fraction of sp³-hybridized carbons (Fsp3) is 0.600. The molecule has 1 saturated heterocycles. The van der Waals surface area contributed by atoms with Crippen molar-refractivity contribution in [1.29, 1.82) is 0 Å². The number of anilines is 1. The summed E-state index contributed by atoms with van der Waals surface area (Å²) in [6.07, 6.45) is 0. The molecule has 0 atom stereocenters. The number of hydrogen-bond donors (Lipinski definition) is 1. The molecule has 4 nitrogen and oxygen atoms in total. The first-order valence-electron chi connectivity index (χ1n) is 7.11. The first-order valence-corrected chi connectivity index (χ1v) is 7.91. The number of nitrogens with zero attached hydrogens (tertiary/aromatic N) is 3. The largest absolute Gasteiger partial charge is 0.392 e. The number of rotatable bonds is 5. The van der Waals surface area contributed by atoms with E-state index in [1.165, 1.54) is 5.69 Å². The number of aliphatic hydroxyl groups excluding tert-OH is 1. The van der Waals surface area contributed by atoms with Gasteiger partial charge < -0.3 is 14.9 Å². The van der Waals surface area contributed by atoms with Crippen LogP contribution in [0.2, 0.25) is 0 Å². The van der Waals surface area contributed by atoms with Crippen molar-refractivity contribution in [3.63, 3.8) is 0 Å². The molecule has 1 N–H and O–H groups in total. The maximum atomic E-state index is 9.20. The predicted molar refractivity (Wildman–Crippen MR) is 87.3 cm³/mol. The topological polar surface area (TPSA) is 30.0 Å². The van der Waals surface area contributed by atoms with Crippen molar-refractivity contribution in [2.24, 2.45) is 0 Å². The standard InChI is InChI=1S/C15H24BrN3O/c1-17(2)5-6-18-7-9-19(10-8-18)14-4-3-13(12-20)15(16)11-14/h3-4,11,20H,5-10,12H2,1-2H3. The SMILES string of the molecule is CN(C)CCN1CCN(c2ccc(CO)c(Br)c2)CC1. The molecule has 0 aliphatic carbocycles. The van der Waals surface area contributed by atoms with E-state index < -0.39 is 0 Å². The lowest BCUT2D eigenvalue weighted by molar-refractivity contribution is 0.229. The Morgan fingerprint density at radius 1 is 1.20 bits per heavy atom. The highest BCUT2D eigenvalue weighted by atomic mass is 79.9. The summed E-state index contributed by atoms with van der Waals surface area (Å²) in [4.78, 5) is 7.17. The van der Waals surface area contributed by atoms with Crippen molar-refractivity contribution in [2.75, 3.05) is 58.3 Å². The molecular formula is C15H24BrN3O. The van der Waals surface area contributed by atoms with Gasteiger partial charge in [-0.05, 0) is 31.8 Å². The first-order chi connectivity index (χ1) is 9.60. The van der Waals surface area contributed by atoms with Crippen LogP contribution in [0.4, 0.5) is 5.69 Å². The van der Waals surface area contributed by atoms with Gasteiger partial charge in [-0.3, -0.25) is 4.90 Å². The van der Waals surface area contributed by atoms with Crippen molar-refractivity contribution in [3.05, 3.63) is 28.2 Å². The van der Waals surface area contributed by atoms with Crippen molar-refractivity contribution >= 4 is 21.6 Å². The zero-order chi connectivity index (χ0) is 14.5. The summed E-state index contributed by atoms with van der Waals surface area (Å²) in [5.74, 6) is 0. The third-order valence-electron chi connectivity index (χ3n) is 3.81. The molecule has 0 bridgehead atoms. The second-order valence-corrected chi connectivity index (χ2v) is 6.42. The molecule has 0 amide bonds. The van der Waals surface area contributed by atoms with Crippen molar-refractivity contribution in [1.82, 2.24) is 9.80 Å². The van der Waals surface area contributed by atoms with Gasteiger partial charge in [0.15, 0.2) is 0 Å². The van der Waals surface area contributed by atoms with E-state index in [0.29, 0.717) is 0 Å². The zero-order valence-corrected chi connectivity index (χ0v) is 13.9. The monoisotopic (exact) mass is 341 g/mol. The Morgan fingerprint density at radius 2 is 1.90 bits per heavy atom. The minimum absolute atomic E-state index is 0.0825. The van der Waals surface area contributed by atoms with Gasteiger partial charge in [0.25, 0.3) is 0 Å². The van der Waals surface area contributed by atoms with Crippen molar-refractivity contribution in [2.45, 2.75) is 6.61 Å². The lowest BCUT2D eigenvalue weighted by Crippen LogP contribution is -2.48. The number of piperazine rings is 1. The van der Waals surface area contributed by atoms with Crippen LogP contribution in [0, 0.1) is 0 Å². The van der Waals surface area contributed by atoms with Crippen molar-refractivity contribution in [3.8, 4) is 0 Å². The highest BCUT2D eigenvalue weighted by Crippen LogP contribution is 2.25. The van der Waals surface area contributed by atoms with Gasteiger partial charge in [-0.2, -0.15) is 0 Å². The Kier molecular flexibility index (Phi) is 5.84. The molecular weight excluding hydrogens is 318 g/mol. The molecule has 0 spiro atoms. The average Bonchev–Trinajstić information content (AvgIpc) is 2.45. The van der Waals surface area contributed by atoms with E-state index in [-0.39, 0.29) is 6.61 Å². The second kappa shape index (κ2) is 7.41. The van der Waals surface area contributed by atoms with Crippen LogP contribution in [0.15, 0.2) is 22.7 Å². The minimum atomic E-state index is 0.0825. The number of benzene rings is 1. The van der Waals surface area contributed by atoms with Gasteiger partial charge >= 0.3 is 0 Å². The number of hydrogen-bond acceptors (Lipinski definition) is 4. The zero-order valence-electron chi connectivity index (χ0n) is 12.3. The van der Waals surface area contributed by atoms with E-state index in [9.17, 15) is 5.11 Å². The Hall–Kier alpha value is -0.620. The van der Waals surface area contributed by atoms with Gasteiger partial charge in [0, 0.05) is 49.4 Å². The molecule has 2 rings (SSSR count). The Balaban J connectivity index is 1.88. The number of likely N-dealkylation sites (N-methyl/N-ethyl adjacent to an activating group) is 1. The summed E-state index contributed by atoms with van der Waals surface area (Å²) in [7, 11) is 4.24. The van der Waals surface area contributed by atoms with Gasteiger partial charge in [-0.1, -0.05) is 22.0 Å². The Morgan fingerprint density at radius 3 is 2.45 bits per heavy atom. The lowest BCUT2D eigenvalue weighted by Gasteiger charge is -2.36. The molecule has 0 unspecified atom stereocenters. The van der Waals surface area contributed by atoms with Gasteiger partial charge in [-0.25, -0.2) is 0 Å². The highest BCUT2D eigenvalue weighted by Gasteiger charge is 2.17. The van der Waals surface area contributed by atoms with Crippen LogP contribution in [-0.2, 0) is 6.61 Å². The molecule has 112 valence electrons. The van der Waals surface area contributed by atoms with E-state index in [1.54, 1.807) is 0 Å². The van der Waals surface area contributed by atoms with Crippen LogP contribution >= 0.6 is 15.9 Å². The van der Waals surface area contributed by atoms with Crippen LogP contribution in [0.1, 0.15) is 5.56 Å². The molecule has 5 heteroatoms. The molecule has 1 aliphatic rings. The normalized spacial score (nSPS) is 16.9. The molecule has 1 aliphatic heterocycles. The average molecular weight is 342 g/mol. The molecule has 0 aromatic heterocycles. The molecule has 1 aromatic carbocycles. The van der Waals surface area contributed by atoms with E-state index in [1.807, 2.05) is 6.07 Å². The van der Waals surface area contributed by atoms with Crippen LogP contribution in [0.25, 0.3) is 0 Å². The fourth-order valence-corrected chi connectivity index (χ4v) is 2.92. The van der Waals surface area contributed by atoms with Gasteiger partial charge in [0.1, 0.15) is 0 Å². The van der Waals surface area contributed by atoms with Crippen molar-refractivity contribution < 1.29 is 5.11 Å². The van der Waals surface area contributed by atoms with Crippen LogP contribution in [0.3, 0.4) is 0 Å². The summed E-state index contributed by atoms with van der Waals surface area (Å²) < 4.78 is 0.993. The summed E-state index contributed by atoms with van der Waals surface area (Å²) in [5, 5.41) is 9.20.